The summed E-state index contributed by atoms with van der Waals surface area (Å²) < 4.78 is 31.0. The Morgan fingerprint density at radius 1 is 0.643 bits per heavy atom. The molecule has 2 radical (unpaired) electrons. The summed E-state index contributed by atoms with van der Waals surface area (Å²) in [5.74, 6) is 4.84. The van der Waals surface area contributed by atoms with Crippen molar-refractivity contribution < 1.29 is 91.1 Å². The summed E-state index contributed by atoms with van der Waals surface area (Å²) >= 11 is 5.63. The summed E-state index contributed by atoms with van der Waals surface area (Å²) in [6.45, 7) is 8.97. The van der Waals surface area contributed by atoms with Gasteiger partial charge in [0.2, 0.25) is 7.85 Å². The molecule has 0 aromatic heterocycles. The number of aryl methyl sites for hydroxylation is 1. The standard InChI is InChI=1S/C14H22N2O2.C10H13ClO2.C10H14O3.C5H9BN2O.2ClH.K.H/c1-17-13-4-3-12(11-14(13)18-2)5-8-16-9-6-15-7-10-16;2*1-12-9-4-3-8(5-6-11)7-10(9)13-2;6-5(9)8-3-1-7-2-4-8;;;;/h3-4,11,15H,5-10H2,1-2H3;3-4,7H,5-6H2,1-2H3;3-4,7,11H,5-6H2,1-2H3;7H,1-4H2;2*1H;;/q;;;;;;+1;-1. The molecule has 0 saturated carbocycles. The van der Waals surface area contributed by atoms with Crippen molar-refractivity contribution in [3.05, 3.63) is 71.3 Å². The van der Waals surface area contributed by atoms with Crippen LogP contribution in [0.5, 0.6) is 34.5 Å². The topological polar surface area (TPSA) is 123 Å². The Hall–Kier alpha value is -1.66. The number of ether oxygens (including phenoxy) is 6. The van der Waals surface area contributed by atoms with Crippen LogP contribution in [0.1, 0.15) is 18.1 Å². The number of halogens is 3. The fraction of sp³-hybridized carbons (Fsp3) is 0.513. The van der Waals surface area contributed by atoms with Crippen molar-refractivity contribution in [1.82, 2.24) is 20.4 Å². The monoisotopic (exact) mass is 868 g/mol. The molecule has 2 fully saturated rings. The van der Waals surface area contributed by atoms with Crippen molar-refractivity contribution in [2.45, 2.75) is 19.3 Å². The molecule has 5 rings (SSSR count). The SMILES string of the molecule is COc1ccc(CCCl)cc1OC.COc1ccc(CCN2CCNCC2)cc1OC.COc1ccc(CCO)cc1OC.Cl.Cl.[B]C(=O)N1CCNCC1.[H-].[K+]. The van der Waals surface area contributed by atoms with Crippen LogP contribution in [0.15, 0.2) is 54.6 Å². The van der Waals surface area contributed by atoms with Crippen molar-refractivity contribution >= 4 is 50.1 Å². The number of hydrogen-bond donors (Lipinski definition) is 3. The zero-order valence-electron chi connectivity index (χ0n) is 35.1. The number of aliphatic hydroxyl groups excluding tert-OH is 1. The number of carbonyl (C=O) groups excluding carboxylic acids is 1. The van der Waals surface area contributed by atoms with Gasteiger partial charge in [-0.25, -0.2) is 0 Å². The molecule has 12 nitrogen and oxygen atoms in total. The van der Waals surface area contributed by atoms with Crippen LogP contribution in [0.25, 0.3) is 0 Å². The number of amides is 1. The Bertz CT molecular complexity index is 1430. The van der Waals surface area contributed by atoms with E-state index in [9.17, 15) is 4.79 Å². The molecule has 0 atom stereocenters. The number of rotatable bonds is 13. The van der Waals surface area contributed by atoms with Crippen molar-refractivity contribution in [3.8, 4) is 34.5 Å². The van der Waals surface area contributed by atoms with E-state index in [1.807, 2.05) is 42.5 Å². The zero-order valence-corrected chi connectivity index (χ0v) is 39.6. The van der Waals surface area contributed by atoms with Crippen molar-refractivity contribution in [2.24, 2.45) is 0 Å². The maximum Gasteiger partial charge on any atom is 1.00 e. The molecule has 2 aliphatic rings. The van der Waals surface area contributed by atoms with Gasteiger partial charge in [-0.15, -0.1) is 36.4 Å². The third-order valence-corrected chi connectivity index (χ3v) is 8.67. The summed E-state index contributed by atoms with van der Waals surface area (Å²) in [5, 5.41) is 15.2. The molecule has 3 aromatic carbocycles. The van der Waals surface area contributed by atoms with Crippen LogP contribution in [0, 0.1) is 0 Å². The summed E-state index contributed by atoms with van der Waals surface area (Å²) in [5.41, 5.74) is 3.50. The second kappa shape index (κ2) is 34.2. The van der Waals surface area contributed by atoms with E-state index in [1.54, 1.807) is 47.6 Å². The van der Waals surface area contributed by atoms with E-state index < -0.39 is 0 Å². The van der Waals surface area contributed by atoms with Gasteiger partial charge >= 0.3 is 51.4 Å². The number of nitrogens with one attached hydrogen (secondary N) is 2. The van der Waals surface area contributed by atoms with Crippen LogP contribution in [-0.4, -0.2) is 143 Å². The number of piperazine rings is 2. The fourth-order valence-electron chi connectivity index (χ4n) is 5.45. The molecule has 0 unspecified atom stereocenters. The van der Waals surface area contributed by atoms with Gasteiger partial charge < -0.3 is 55.4 Å². The summed E-state index contributed by atoms with van der Waals surface area (Å²) in [7, 11) is 14.8. The summed E-state index contributed by atoms with van der Waals surface area (Å²) in [6.07, 6.45) is 2.54. The first kappa shape index (κ1) is 56.4. The molecule has 1 amide bonds. The van der Waals surface area contributed by atoms with Crippen LogP contribution in [0.3, 0.4) is 0 Å². The van der Waals surface area contributed by atoms with Crippen LogP contribution < -0.4 is 90.4 Å². The first-order valence-corrected chi connectivity index (χ1v) is 18.3. The minimum atomic E-state index is -0.309. The molecule has 56 heavy (non-hydrogen) atoms. The molecule has 3 aromatic rings. The van der Waals surface area contributed by atoms with Gasteiger partial charge in [0.1, 0.15) is 0 Å². The molecule has 0 aliphatic carbocycles. The fourth-order valence-corrected chi connectivity index (χ4v) is 5.67. The van der Waals surface area contributed by atoms with Gasteiger partial charge in [0.05, 0.1) is 42.7 Å². The predicted octanol–water partition coefficient (Wildman–Crippen LogP) is 2.02. The normalized spacial score (nSPS) is 13.0. The van der Waals surface area contributed by atoms with Gasteiger partial charge in [-0.05, 0) is 72.4 Å². The second-order valence-electron chi connectivity index (χ2n) is 11.9. The number of nitrogens with zero attached hydrogens (tertiary/aromatic N) is 2. The van der Waals surface area contributed by atoms with E-state index in [2.05, 4.69) is 27.7 Å². The molecule has 310 valence electrons. The number of hydrogen-bond acceptors (Lipinski definition) is 11. The molecule has 17 heteroatoms. The minimum absolute atomic E-state index is 0. The smallest absolute Gasteiger partial charge is 1.00 e. The van der Waals surface area contributed by atoms with Gasteiger partial charge in [-0.3, -0.25) is 4.79 Å². The average molecular weight is 870 g/mol. The Morgan fingerprint density at radius 3 is 1.32 bits per heavy atom. The first-order chi connectivity index (χ1) is 25.8. The molecule has 0 spiro atoms. The van der Waals surface area contributed by atoms with Crippen molar-refractivity contribution in [3.63, 3.8) is 0 Å². The maximum atomic E-state index is 10.5. The molecule has 0 bridgehead atoms. The van der Waals surface area contributed by atoms with E-state index >= 15 is 0 Å². The molecule has 2 aliphatic heterocycles. The number of carbonyl (C=O) groups is 1. The minimum Gasteiger partial charge on any atom is -1.00 e. The van der Waals surface area contributed by atoms with E-state index in [0.717, 1.165) is 106 Å². The van der Waals surface area contributed by atoms with Crippen molar-refractivity contribution in [1.29, 1.82) is 0 Å². The van der Waals surface area contributed by atoms with Crippen LogP contribution in [0.2, 0.25) is 0 Å². The van der Waals surface area contributed by atoms with Gasteiger partial charge in [0.25, 0.3) is 0 Å². The van der Waals surface area contributed by atoms with E-state index in [0.29, 0.717) is 23.8 Å². The Labute approximate surface area is 397 Å². The Kier molecular flexibility index (Phi) is 34.5. The van der Waals surface area contributed by atoms with Gasteiger partial charge in [-0.1, -0.05) is 18.2 Å². The van der Waals surface area contributed by atoms with Gasteiger partial charge in [-0.2, -0.15) is 0 Å². The number of benzene rings is 3. The van der Waals surface area contributed by atoms with E-state index in [4.69, 9.17) is 53.0 Å². The molecule has 3 N–H and O–H groups in total. The van der Waals surface area contributed by atoms with Gasteiger partial charge in [0.15, 0.2) is 40.3 Å². The molecular formula is C39H61BCl3KN4O8. The predicted molar refractivity (Wildman–Crippen MR) is 228 cm³/mol. The third-order valence-electron chi connectivity index (χ3n) is 8.48. The van der Waals surface area contributed by atoms with E-state index in [1.165, 1.54) is 5.56 Å². The van der Waals surface area contributed by atoms with E-state index in [-0.39, 0.29) is 90.0 Å². The first-order valence-electron chi connectivity index (χ1n) is 17.7. The number of alkyl halides is 1. The average Bonchev–Trinajstić information content (AvgIpc) is 3.21. The largest absolute Gasteiger partial charge is 1.00 e. The Morgan fingerprint density at radius 2 is 1.00 bits per heavy atom. The quantitative estimate of drug-likeness (QED) is 0.173. The van der Waals surface area contributed by atoms with Crippen LogP contribution >= 0.6 is 36.4 Å². The van der Waals surface area contributed by atoms with Crippen molar-refractivity contribution in [2.75, 3.05) is 114 Å². The Balaban J connectivity index is -0.000000683. The maximum absolute atomic E-state index is 10.5. The molecular weight excluding hydrogens is 809 g/mol. The van der Waals surface area contributed by atoms with Crippen LogP contribution in [0.4, 0.5) is 4.79 Å². The number of aliphatic hydroxyl groups is 1. The van der Waals surface area contributed by atoms with Gasteiger partial charge in [0, 0.05) is 71.4 Å². The van der Waals surface area contributed by atoms with Crippen LogP contribution in [-0.2, 0) is 19.3 Å². The molecule has 2 heterocycles. The summed E-state index contributed by atoms with van der Waals surface area (Å²) in [4.78, 5) is 14.6. The summed E-state index contributed by atoms with van der Waals surface area (Å²) in [6, 6.07) is 17.6. The number of methoxy groups -OCH3 is 6. The third kappa shape index (κ3) is 21.4. The molecule has 2 saturated heterocycles. The zero-order chi connectivity index (χ0) is 38.8. The second-order valence-corrected chi connectivity index (χ2v) is 12.3.